The van der Waals surface area contributed by atoms with E-state index in [4.69, 9.17) is 17.3 Å². The van der Waals surface area contributed by atoms with Crippen LogP contribution in [-0.2, 0) is 4.79 Å². The van der Waals surface area contributed by atoms with Crippen LogP contribution in [0.25, 0.3) is 16.7 Å². The second-order valence-electron chi connectivity index (χ2n) is 5.65. The summed E-state index contributed by atoms with van der Waals surface area (Å²) >= 11 is 6.33. The number of nitrogens with one attached hydrogen (secondary N) is 2. The number of aromatic nitrogens is 3. The third-order valence-corrected chi connectivity index (χ3v) is 4.07. The van der Waals surface area contributed by atoms with E-state index in [1.165, 1.54) is 18.5 Å². The van der Waals surface area contributed by atoms with E-state index < -0.39 is 0 Å². The normalized spacial score (nSPS) is 11.7. The number of benzene rings is 1. The van der Waals surface area contributed by atoms with Gasteiger partial charge in [0.05, 0.1) is 17.4 Å². The molecule has 0 unspecified atom stereocenters. The summed E-state index contributed by atoms with van der Waals surface area (Å²) in [6.07, 6.45) is 7.50. The van der Waals surface area contributed by atoms with Gasteiger partial charge in [-0.1, -0.05) is 18.2 Å². The number of carbonyl (C=O) groups excluding carboxylic acids is 1. The van der Waals surface area contributed by atoms with Gasteiger partial charge in [-0.05, 0) is 30.3 Å². The third kappa shape index (κ3) is 4.02. The largest absolute Gasteiger partial charge is 0.403 e. The fraction of sp³-hybridized carbons (Fsp3) is 0.0526. The number of fused-ring (bicyclic) bond motifs is 1. The molecule has 0 aliphatic carbocycles. The molecule has 28 heavy (non-hydrogen) atoms. The molecule has 0 spiro atoms. The van der Waals surface area contributed by atoms with Crippen LogP contribution >= 0.6 is 11.6 Å². The summed E-state index contributed by atoms with van der Waals surface area (Å²) in [7, 11) is 1.64. The highest BCUT2D eigenvalue weighted by Crippen LogP contribution is 2.27. The zero-order chi connectivity index (χ0) is 20.1. The van der Waals surface area contributed by atoms with Gasteiger partial charge in [-0.2, -0.15) is 4.98 Å². The number of hydrogen-bond donors (Lipinski definition) is 3. The van der Waals surface area contributed by atoms with Crippen molar-refractivity contribution in [2.24, 2.45) is 10.7 Å². The molecule has 0 saturated carbocycles. The Balaban J connectivity index is 1.98. The number of carbonyl (C=O) groups is 1. The molecular weight excluding hydrogens is 378 g/mol. The maximum absolute atomic E-state index is 11.5. The molecule has 142 valence electrons. The van der Waals surface area contributed by atoms with Gasteiger partial charge in [-0.25, -0.2) is 4.98 Å². The molecule has 0 atom stereocenters. The molecule has 1 aromatic carbocycles. The van der Waals surface area contributed by atoms with Gasteiger partial charge in [-0.15, -0.1) is 0 Å². The van der Waals surface area contributed by atoms with E-state index in [9.17, 15) is 4.79 Å². The van der Waals surface area contributed by atoms with Crippen molar-refractivity contribution in [2.75, 3.05) is 17.7 Å². The molecule has 0 aliphatic rings. The van der Waals surface area contributed by atoms with E-state index in [1.54, 1.807) is 19.3 Å². The van der Waals surface area contributed by atoms with Crippen LogP contribution in [0.15, 0.2) is 66.2 Å². The maximum atomic E-state index is 11.5. The Morgan fingerprint density at radius 2 is 2.18 bits per heavy atom. The highest BCUT2D eigenvalue weighted by atomic mass is 35.5. The molecule has 0 saturated heterocycles. The van der Waals surface area contributed by atoms with E-state index in [0.29, 0.717) is 28.2 Å². The first-order chi connectivity index (χ1) is 13.5. The summed E-state index contributed by atoms with van der Waals surface area (Å²) in [5, 5.41) is 7.01. The summed E-state index contributed by atoms with van der Waals surface area (Å²) in [6, 6.07) is 7.42. The Bertz CT molecular complexity index is 1100. The van der Waals surface area contributed by atoms with E-state index in [0.717, 1.165) is 10.9 Å². The lowest BCUT2D eigenvalue weighted by Crippen LogP contribution is -2.09. The quantitative estimate of drug-likeness (QED) is 0.438. The molecule has 0 fully saturated rings. The summed E-state index contributed by atoms with van der Waals surface area (Å²) in [4.78, 5) is 24.1. The van der Waals surface area contributed by atoms with Gasteiger partial charge in [0.1, 0.15) is 5.02 Å². The molecule has 4 N–H and O–H groups in total. The standard InChI is InChI=1S/C19H18ClN7O/c1-3-17(28)24-13-4-5-16-12(8-13)6-7-27(16)18-15(20)11-23-19(26-18)25-14(9-21)10-22-2/h3-11H,1,21H2,2H3,(H,24,28)(H,23,25,26)/b14-9+,22-10?. The SMILES string of the molecule is C=CC(=O)Nc1ccc2c(ccn2-c2nc(N/C(C=NC)=C/N)ncc2Cl)c1. The molecule has 1 amide bonds. The first-order valence-corrected chi connectivity index (χ1v) is 8.62. The second kappa shape index (κ2) is 8.36. The smallest absolute Gasteiger partial charge is 0.247 e. The minimum atomic E-state index is -0.271. The number of aliphatic imine (C=N–C) groups is 1. The van der Waals surface area contributed by atoms with Crippen molar-refractivity contribution < 1.29 is 4.79 Å². The molecule has 0 bridgehead atoms. The molecule has 3 aromatic rings. The maximum Gasteiger partial charge on any atom is 0.247 e. The summed E-state index contributed by atoms with van der Waals surface area (Å²) in [6.45, 7) is 3.45. The van der Waals surface area contributed by atoms with Crippen LogP contribution in [0.5, 0.6) is 0 Å². The average Bonchev–Trinajstić information content (AvgIpc) is 3.11. The number of amides is 1. The summed E-state index contributed by atoms with van der Waals surface area (Å²) < 4.78 is 1.84. The Morgan fingerprint density at radius 3 is 2.89 bits per heavy atom. The Labute approximate surface area is 166 Å². The lowest BCUT2D eigenvalue weighted by molar-refractivity contribution is -0.111. The first-order valence-electron chi connectivity index (χ1n) is 8.24. The number of nitrogens with two attached hydrogens (primary N) is 1. The zero-order valence-electron chi connectivity index (χ0n) is 15.1. The van der Waals surface area contributed by atoms with Crippen molar-refractivity contribution in [1.29, 1.82) is 0 Å². The predicted molar refractivity (Wildman–Crippen MR) is 113 cm³/mol. The molecule has 2 heterocycles. The fourth-order valence-corrected chi connectivity index (χ4v) is 2.75. The van der Waals surface area contributed by atoms with Gasteiger partial charge < -0.3 is 16.4 Å². The molecular formula is C19H18ClN7O. The fourth-order valence-electron chi connectivity index (χ4n) is 2.57. The van der Waals surface area contributed by atoms with Crippen molar-refractivity contribution >= 4 is 46.3 Å². The van der Waals surface area contributed by atoms with Crippen LogP contribution in [0.3, 0.4) is 0 Å². The first kappa shape index (κ1) is 19.1. The lowest BCUT2D eigenvalue weighted by atomic mass is 10.2. The van der Waals surface area contributed by atoms with Gasteiger partial charge >= 0.3 is 0 Å². The highest BCUT2D eigenvalue weighted by molar-refractivity contribution is 6.32. The van der Waals surface area contributed by atoms with Crippen LogP contribution in [0, 0.1) is 0 Å². The topological polar surface area (TPSA) is 110 Å². The molecule has 0 aliphatic heterocycles. The van der Waals surface area contributed by atoms with Crippen LogP contribution < -0.4 is 16.4 Å². The molecule has 3 rings (SSSR count). The van der Waals surface area contributed by atoms with Gasteiger partial charge in [0, 0.05) is 36.7 Å². The van der Waals surface area contributed by atoms with E-state index in [-0.39, 0.29) is 5.91 Å². The Morgan fingerprint density at radius 1 is 1.36 bits per heavy atom. The average molecular weight is 396 g/mol. The van der Waals surface area contributed by atoms with Gasteiger partial charge in [0.2, 0.25) is 11.9 Å². The van der Waals surface area contributed by atoms with Crippen molar-refractivity contribution in [3.8, 4) is 5.82 Å². The number of anilines is 2. The number of rotatable bonds is 6. The van der Waals surface area contributed by atoms with Crippen LogP contribution in [0.1, 0.15) is 0 Å². The van der Waals surface area contributed by atoms with Crippen molar-refractivity contribution in [3.63, 3.8) is 0 Å². The number of halogens is 1. The Kier molecular flexibility index (Phi) is 5.71. The van der Waals surface area contributed by atoms with E-state index in [1.807, 2.05) is 29.0 Å². The predicted octanol–water partition coefficient (Wildman–Crippen LogP) is 3.11. The van der Waals surface area contributed by atoms with Crippen LogP contribution in [-0.4, -0.2) is 33.7 Å². The van der Waals surface area contributed by atoms with Crippen LogP contribution in [0.4, 0.5) is 11.6 Å². The van der Waals surface area contributed by atoms with E-state index in [2.05, 4.69) is 32.2 Å². The number of nitrogens with zero attached hydrogens (tertiary/aromatic N) is 4. The molecule has 8 nitrogen and oxygen atoms in total. The Hall–Kier alpha value is -3.65. The van der Waals surface area contributed by atoms with Gasteiger partial charge in [-0.3, -0.25) is 14.4 Å². The van der Waals surface area contributed by atoms with Crippen molar-refractivity contribution in [3.05, 3.63) is 66.2 Å². The van der Waals surface area contributed by atoms with Gasteiger partial charge in [0.25, 0.3) is 0 Å². The second-order valence-corrected chi connectivity index (χ2v) is 6.06. The molecule has 0 radical (unpaired) electrons. The highest BCUT2D eigenvalue weighted by Gasteiger charge is 2.12. The van der Waals surface area contributed by atoms with Crippen LogP contribution in [0.2, 0.25) is 5.02 Å². The number of hydrogen-bond acceptors (Lipinski definition) is 6. The minimum absolute atomic E-state index is 0.271. The van der Waals surface area contributed by atoms with Crippen molar-refractivity contribution in [2.45, 2.75) is 0 Å². The third-order valence-electron chi connectivity index (χ3n) is 3.80. The minimum Gasteiger partial charge on any atom is -0.403 e. The van der Waals surface area contributed by atoms with Gasteiger partial charge in [0.15, 0.2) is 5.82 Å². The monoisotopic (exact) mass is 395 g/mol. The lowest BCUT2D eigenvalue weighted by Gasteiger charge is -2.10. The molecule has 9 heteroatoms. The summed E-state index contributed by atoms with van der Waals surface area (Å²) in [5.41, 5.74) is 7.65. The van der Waals surface area contributed by atoms with Crippen molar-refractivity contribution in [1.82, 2.24) is 14.5 Å². The summed E-state index contributed by atoms with van der Waals surface area (Å²) in [5.74, 6) is 0.558. The van der Waals surface area contributed by atoms with E-state index >= 15 is 0 Å². The number of allylic oxidation sites excluding steroid dienone is 1. The molecule has 2 aromatic heterocycles. The zero-order valence-corrected chi connectivity index (χ0v) is 15.8.